The maximum Gasteiger partial charge on any atom is 0.138 e. The third-order valence-corrected chi connectivity index (χ3v) is 2.52. The fraction of sp³-hybridized carbons (Fsp3) is 0.750. The maximum absolute atomic E-state index is 13.0. The molecule has 1 nitrogen and oxygen atoms in total. The van der Waals surface area contributed by atoms with E-state index in [1.54, 1.807) is 11.0 Å². The van der Waals surface area contributed by atoms with E-state index in [-0.39, 0.29) is 5.92 Å². The first-order valence-electron chi connectivity index (χ1n) is 3.93. The first kappa shape index (κ1) is 7.07. The van der Waals surface area contributed by atoms with Gasteiger partial charge in [-0.25, -0.2) is 8.78 Å². The number of hydrogen-bond acceptors (Lipinski definition) is 1. The second-order valence-electron chi connectivity index (χ2n) is 3.32. The van der Waals surface area contributed by atoms with Gasteiger partial charge in [0.25, 0.3) is 0 Å². The summed E-state index contributed by atoms with van der Waals surface area (Å²) in [6, 6.07) is 0. The molecule has 11 heavy (non-hydrogen) atoms. The third-order valence-electron chi connectivity index (χ3n) is 2.52. The van der Waals surface area contributed by atoms with Crippen LogP contribution in [0.3, 0.4) is 0 Å². The zero-order chi connectivity index (χ0) is 8.01. The van der Waals surface area contributed by atoms with Crippen LogP contribution in [0.15, 0.2) is 11.8 Å². The molecule has 2 aliphatic heterocycles. The van der Waals surface area contributed by atoms with E-state index in [2.05, 4.69) is 0 Å². The van der Waals surface area contributed by atoms with Gasteiger partial charge in [-0.3, -0.25) is 0 Å². The Morgan fingerprint density at radius 1 is 1.45 bits per heavy atom. The van der Waals surface area contributed by atoms with Gasteiger partial charge in [0.2, 0.25) is 0 Å². The molecule has 1 fully saturated rings. The Kier molecular flexibility index (Phi) is 1.41. The SMILES string of the molecule is CC1C2=CC(F)CN2C[C@H]1F. The molecular formula is C8H11F2N. The van der Waals surface area contributed by atoms with Crippen LogP contribution in [0.2, 0.25) is 0 Å². The predicted octanol–water partition coefficient (Wildman–Crippen LogP) is 1.51. The molecule has 2 rings (SSSR count). The van der Waals surface area contributed by atoms with Crippen LogP contribution in [0.4, 0.5) is 8.78 Å². The van der Waals surface area contributed by atoms with Gasteiger partial charge in [0.05, 0.1) is 6.54 Å². The predicted molar refractivity (Wildman–Crippen MR) is 38.6 cm³/mol. The average Bonchev–Trinajstić information content (AvgIpc) is 2.37. The van der Waals surface area contributed by atoms with E-state index in [9.17, 15) is 8.78 Å². The molecule has 3 heteroatoms. The molecule has 0 aromatic heterocycles. The Morgan fingerprint density at radius 3 is 2.82 bits per heavy atom. The highest BCUT2D eigenvalue weighted by molar-refractivity contribution is 5.20. The highest BCUT2D eigenvalue weighted by Crippen LogP contribution is 2.34. The van der Waals surface area contributed by atoms with Crippen molar-refractivity contribution in [2.45, 2.75) is 19.3 Å². The number of rotatable bonds is 0. The van der Waals surface area contributed by atoms with E-state index >= 15 is 0 Å². The topological polar surface area (TPSA) is 3.24 Å². The Balaban J connectivity index is 2.21. The van der Waals surface area contributed by atoms with E-state index in [4.69, 9.17) is 0 Å². The maximum atomic E-state index is 13.0. The highest BCUT2D eigenvalue weighted by atomic mass is 19.1. The molecule has 0 radical (unpaired) electrons. The van der Waals surface area contributed by atoms with Crippen LogP contribution >= 0.6 is 0 Å². The molecule has 62 valence electrons. The number of fused-ring (bicyclic) bond motifs is 1. The smallest absolute Gasteiger partial charge is 0.138 e. The Morgan fingerprint density at radius 2 is 2.18 bits per heavy atom. The van der Waals surface area contributed by atoms with Gasteiger partial charge in [-0.2, -0.15) is 0 Å². The summed E-state index contributed by atoms with van der Waals surface area (Å²) < 4.78 is 25.7. The van der Waals surface area contributed by atoms with Gasteiger partial charge in [-0.1, -0.05) is 6.92 Å². The number of nitrogens with zero attached hydrogens (tertiary/aromatic N) is 1. The van der Waals surface area contributed by atoms with E-state index < -0.39 is 12.3 Å². The van der Waals surface area contributed by atoms with E-state index in [0.29, 0.717) is 13.1 Å². The van der Waals surface area contributed by atoms with Crippen LogP contribution in [0, 0.1) is 5.92 Å². The lowest BCUT2D eigenvalue weighted by molar-refractivity contribution is 0.257. The summed E-state index contributed by atoms with van der Waals surface area (Å²) >= 11 is 0. The lowest BCUT2D eigenvalue weighted by Crippen LogP contribution is -2.21. The van der Waals surface area contributed by atoms with Gasteiger partial charge in [0.15, 0.2) is 0 Å². The molecule has 0 spiro atoms. The van der Waals surface area contributed by atoms with Crippen molar-refractivity contribution in [3.8, 4) is 0 Å². The van der Waals surface area contributed by atoms with Gasteiger partial charge in [-0.15, -0.1) is 0 Å². The number of alkyl halides is 2. The standard InChI is InChI=1S/C8H11F2N/c1-5-7(10)4-11-3-6(9)2-8(5)11/h2,5-7H,3-4H2,1H3/t5?,6?,7-/m1/s1. The van der Waals surface area contributed by atoms with Crippen LogP contribution in [0.1, 0.15) is 6.92 Å². The van der Waals surface area contributed by atoms with E-state index in [0.717, 1.165) is 5.70 Å². The van der Waals surface area contributed by atoms with E-state index in [1.165, 1.54) is 0 Å². The fourth-order valence-corrected chi connectivity index (χ4v) is 1.83. The summed E-state index contributed by atoms with van der Waals surface area (Å²) in [6.45, 7) is 2.56. The molecular weight excluding hydrogens is 148 g/mol. The molecule has 0 aromatic carbocycles. The van der Waals surface area contributed by atoms with Gasteiger partial charge in [0, 0.05) is 18.2 Å². The first-order valence-corrected chi connectivity index (χ1v) is 3.93. The molecule has 0 bridgehead atoms. The van der Waals surface area contributed by atoms with Crippen LogP contribution in [-0.4, -0.2) is 30.3 Å². The van der Waals surface area contributed by atoms with Crippen molar-refractivity contribution >= 4 is 0 Å². The molecule has 2 unspecified atom stereocenters. The quantitative estimate of drug-likeness (QED) is 0.518. The van der Waals surface area contributed by atoms with Crippen molar-refractivity contribution in [1.82, 2.24) is 4.90 Å². The molecule has 0 aliphatic carbocycles. The van der Waals surface area contributed by atoms with Crippen LogP contribution in [0.25, 0.3) is 0 Å². The van der Waals surface area contributed by atoms with Crippen molar-refractivity contribution in [1.29, 1.82) is 0 Å². The van der Waals surface area contributed by atoms with Crippen molar-refractivity contribution in [3.05, 3.63) is 11.8 Å². The first-order chi connectivity index (χ1) is 5.18. The molecule has 0 saturated carbocycles. The number of halogens is 2. The van der Waals surface area contributed by atoms with Crippen molar-refractivity contribution in [2.24, 2.45) is 5.92 Å². The second kappa shape index (κ2) is 2.19. The summed E-state index contributed by atoms with van der Waals surface area (Å²) in [6.07, 6.45) is -0.127. The molecule has 0 N–H and O–H groups in total. The lowest BCUT2D eigenvalue weighted by Gasteiger charge is -2.12. The molecule has 3 atom stereocenters. The molecule has 0 aromatic rings. The monoisotopic (exact) mass is 159 g/mol. The second-order valence-corrected chi connectivity index (χ2v) is 3.32. The Labute approximate surface area is 64.7 Å². The number of allylic oxidation sites excluding steroid dienone is 1. The minimum absolute atomic E-state index is 0.101. The minimum Gasteiger partial charge on any atom is -0.368 e. The summed E-state index contributed by atoms with van der Waals surface area (Å²) in [5.41, 5.74) is 0.866. The van der Waals surface area contributed by atoms with Crippen LogP contribution in [0.5, 0.6) is 0 Å². The largest absolute Gasteiger partial charge is 0.368 e. The van der Waals surface area contributed by atoms with Crippen molar-refractivity contribution in [2.75, 3.05) is 13.1 Å². The Bertz CT molecular complexity index is 202. The van der Waals surface area contributed by atoms with E-state index in [1.807, 2.05) is 6.92 Å². The minimum atomic E-state index is -0.875. The Hall–Kier alpha value is -0.600. The zero-order valence-corrected chi connectivity index (χ0v) is 6.43. The van der Waals surface area contributed by atoms with Crippen LogP contribution < -0.4 is 0 Å². The highest BCUT2D eigenvalue weighted by Gasteiger charge is 2.38. The van der Waals surface area contributed by atoms with Gasteiger partial charge in [0.1, 0.15) is 12.3 Å². The van der Waals surface area contributed by atoms with Crippen molar-refractivity contribution < 1.29 is 8.78 Å². The zero-order valence-electron chi connectivity index (χ0n) is 6.43. The normalized spacial score (nSPS) is 42.6. The molecule has 2 heterocycles. The third kappa shape index (κ3) is 0.940. The summed E-state index contributed by atoms with van der Waals surface area (Å²) in [5, 5.41) is 0. The molecule has 1 saturated heterocycles. The van der Waals surface area contributed by atoms with Crippen molar-refractivity contribution in [3.63, 3.8) is 0 Å². The lowest BCUT2D eigenvalue weighted by atomic mass is 10.1. The molecule has 2 aliphatic rings. The van der Waals surface area contributed by atoms with Crippen LogP contribution in [-0.2, 0) is 0 Å². The van der Waals surface area contributed by atoms with Gasteiger partial charge >= 0.3 is 0 Å². The fourth-order valence-electron chi connectivity index (χ4n) is 1.83. The summed E-state index contributed by atoms with van der Waals surface area (Å²) in [4.78, 5) is 1.81. The summed E-state index contributed by atoms with van der Waals surface area (Å²) in [5.74, 6) is -0.101. The van der Waals surface area contributed by atoms with Gasteiger partial charge in [-0.05, 0) is 6.08 Å². The molecule has 0 amide bonds. The van der Waals surface area contributed by atoms with Gasteiger partial charge < -0.3 is 4.90 Å². The number of hydrogen-bond donors (Lipinski definition) is 0. The average molecular weight is 159 g/mol. The summed E-state index contributed by atoms with van der Waals surface area (Å²) in [7, 11) is 0.